The van der Waals surface area contributed by atoms with Gasteiger partial charge in [-0.3, -0.25) is 0 Å². The van der Waals surface area contributed by atoms with Crippen LogP contribution < -0.4 is 5.32 Å². The van der Waals surface area contributed by atoms with E-state index in [-0.39, 0.29) is 5.82 Å². The summed E-state index contributed by atoms with van der Waals surface area (Å²) < 4.78 is 13.2. The van der Waals surface area contributed by atoms with E-state index in [1.165, 1.54) is 23.3 Å². The van der Waals surface area contributed by atoms with Gasteiger partial charge >= 0.3 is 0 Å². The summed E-state index contributed by atoms with van der Waals surface area (Å²) in [5.74, 6) is -0.219. The average molecular weight is 229 g/mol. The fraction of sp³-hybridized carbons (Fsp3) is 0.200. The Morgan fingerprint density at radius 3 is 2.41 bits per heavy atom. The maximum Gasteiger partial charge on any atom is 0.125 e. The SMILES string of the molecule is Cc1ccc(F)cc1Nc1cccc(C)c1C. The number of benzene rings is 2. The third-order valence-corrected chi connectivity index (χ3v) is 3.07. The highest BCUT2D eigenvalue weighted by Crippen LogP contribution is 2.25. The third-order valence-electron chi connectivity index (χ3n) is 3.07. The van der Waals surface area contributed by atoms with Crippen LogP contribution in [0, 0.1) is 26.6 Å². The van der Waals surface area contributed by atoms with Crippen LogP contribution in [0.1, 0.15) is 16.7 Å². The fourth-order valence-electron chi connectivity index (χ4n) is 1.76. The molecule has 0 atom stereocenters. The van der Waals surface area contributed by atoms with E-state index in [4.69, 9.17) is 0 Å². The Bertz CT molecular complexity index is 547. The molecule has 1 nitrogen and oxygen atoms in total. The van der Waals surface area contributed by atoms with Crippen LogP contribution in [0.2, 0.25) is 0 Å². The predicted octanol–water partition coefficient (Wildman–Crippen LogP) is 4.49. The Morgan fingerprint density at radius 2 is 1.65 bits per heavy atom. The molecule has 0 aromatic heterocycles. The molecule has 0 aliphatic heterocycles. The molecule has 0 spiro atoms. The minimum Gasteiger partial charge on any atom is -0.355 e. The summed E-state index contributed by atoms with van der Waals surface area (Å²) >= 11 is 0. The Labute approximate surface area is 101 Å². The Morgan fingerprint density at radius 1 is 0.882 bits per heavy atom. The van der Waals surface area contributed by atoms with Gasteiger partial charge < -0.3 is 5.32 Å². The van der Waals surface area contributed by atoms with E-state index in [0.29, 0.717) is 0 Å². The van der Waals surface area contributed by atoms with Gasteiger partial charge in [0.1, 0.15) is 5.82 Å². The van der Waals surface area contributed by atoms with Crippen molar-refractivity contribution in [3.8, 4) is 0 Å². The molecule has 0 aliphatic rings. The monoisotopic (exact) mass is 229 g/mol. The fourth-order valence-corrected chi connectivity index (χ4v) is 1.76. The molecule has 0 saturated carbocycles. The van der Waals surface area contributed by atoms with Crippen LogP contribution >= 0.6 is 0 Å². The highest BCUT2D eigenvalue weighted by Gasteiger charge is 2.04. The van der Waals surface area contributed by atoms with Crippen molar-refractivity contribution in [2.24, 2.45) is 0 Å². The van der Waals surface area contributed by atoms with Gasteiger partial charge in [0.05, 0.1) is 0 Å². The average Bonchev–Trinajstić information content (AvgIpc) is 2.30. The molecule has 0 heterocycles. The van der Waals surface area contributed by atoms with Crippen molar-refractivity contribution in [2.45, 2.75) is 20.8 Å². The topological polar surface area (TPSA) is 12.0 Å². The zero-order chi connectivity index (χ0) is 12.4. The van der Waals surface area contributed by atoms with Crippen molar-refractivity contribution in [1.82, 2.24) is 0 Å². The molecule has 2 aromatic rings. The molecule has 2 aromatic carbocycles. The summed E-state index contributed by atoms with van der Waals surface area (Å²) in [6.07, 6.45) is 0. The smallest absolute Gasteiger partial charge is 0.125 e. The lowest BCUT2D eigenvalue weighted by Crippen LogP contribution is -1.97. The van der Waals surface area contributed by atoms with Crippen LogP contribution in [0.4, 0.5) is 15.8 Å². The quantitative estimate of drug-likeness (QED) is 0.799. The lowest BCUT2D eigenvalue weighted by atomic mass is 10.1. The second-order valence-corrected chi connectivity index (χ2v) is 4.33. The van der Waals surface area contributed by atoms with E-state index in [2.05, 4.69) is 25.2 Å². The molecule has 0 amide bonds. The second-order valence-electron chi connectivity index (χ2n) is 4.33. The molecule has 0 bridgehead atoms. The summed E-state index contributed by atoms with van der Waals surface area (Å²) in [4.78, 5) is 0. The summed E-state index contributed by atoms with van der Waals surface area (Å²) in [5, 5.41) is 3.28. The van der Waals surface area contributed by atoms with Gasteiger partial charge in [0.2, 0.25) is 0 Å². The summed E-state index contributed by atoms with van der Waals surface area (Å²) in [5.41, 5.74) is 5.30. The number of hydrogen-bond acceptors (Lipinski definition) is 1. The number of nitrogens with one attached hydrogen (secondary N) is 1. The Kier molecular flexibility index (Phi) is 3.14. The minimum atomic E-state index is -0.219. The van der Waals surface area contributed by atoms with Crippen molar-refractivity contribution in [2.75, 3.05) is 5.32 Å². The van der Waals surface area contributed by atoms with Crippen molar-refractivity contribution in [1.29, 1.82) is 0 Å². The number of halogens is 1. The number of hydrogen-bond donors (Lipinski definition) is 1. The van der Waals surface area contributed by atoms with Crippen LogP contribution in [0.5, 0.6) is 0 Å². The first kappa shape index (κ1) is 11.6. The van der Waals surface area contributed by atoms with Crippen molar-refractivity contribution in [3.05, 3.63) is 58.9 Å². The van der Waals surface area contributed by atoms with E-state index < -0.39 is 0 Å². The van der Waals surface area contributed by atoms with Crippen LogP contribution in [-0.2, 0) is 0 Å². The molecule has 0 aliphatic carbocycles. The lowest BCUT2D eigenvalue weighted by molar-refractivity contribution is 0.628. The zero-order valence-corrected chi connectivity index (χ0v) is 10.3. The van der Waals surface area contributed by atoms with E-state index in [1.807, 2.05) is 19.1 Å². The standard InChI is InChI=1S/C15H16FN/c1-10-5-4-6-14(12(10)3)17-15-9-13(16)8-7-11(15)2/h4-9,17H,1-3H3. The minimum absolute atomic E-state index is 0.219. The highest BCUT2D eigenvalue weighted by molar-refractivity contribution is 5.66. The zero-order valence-electron chi connectivity index (χ0n) is 10.3. The summed E-state index contributed by atoms with van der Waals surface area (Å²) in [6, 6.07) is 10.9. The normalized spacial score (nSPS) is 10.4. The van der Waals surface area contributed by atoms with Crippen LogP contribution in [-0.4, -0.2) is 0 Å². The first-order valence-electron chi connectivity index (χ1n) is 5.67. The molecule has 0 saturated heterocycles. The van der Waals surface area contributed by atoms with E-state index in [9.17, 15) is 4.39 Å². The van der Waals surface area contributed by atoms with Gasteiger partial charge in [-0.1, -0.05) is 18.2 Å². The molecule has 0 unspecified atom stereocenters. The van der Waals surface area contributed by atoms with Gasteiger partial charge in [-0.25, -0.2) is 4.39 Å². The van der Waals surface area contributed by atoms with Crippen molar-refractivity contribution in [3.63, 3.8) is 0 Å². The van der Waals surface area contributed by atoms with Gasteiger partial charge in [0.25, 0.3) is 0 Å². The summed E-state index contributed by atoms with van der Waals surface area (Å²) in [7, 11) is 0. The second kappa shape index (κ2) is 4.58. The first-order valence-corrected chi connectivity index (χ1v) is 5.67. The number of aryl methyl sites for hydroxylation is 2. The maximum atomic E-state index is 13.2. The van der Waals surface area contributed by atoms with Gasteiger partial charge in [0.15, 0.2) is 0 Å². The molecule has 0 fully saturated rings. The van der Waals surface area contributed by atoms with Gasteiger partial charge in [-0.05, 0) is 55.7 Å². The maximum absolute atomic E-state index is 13.2. The van der Waals surface area contributed by atoms with Crippen molar-refractivity contribution < 1.29 is 4.39 Å². The highest BCUT2D eigenvalue weighted by atomic mass is 19.1. The first-order chi connectivity index (χ1) is 8.08. The Balaban J connectivity index is 2.38. The molecule has 0 radical (unpaired) electrons. The lowest BCUT2D eigenvalue weighted by Gasteiger charge is -2.13. The van der Waals surface area contributed by atoms with E-state index in [1.54, 1.807) is 6.07 Å². The van der Waals surface area contributed by atoms with Crippen LogP contribution in [0.25, 0.3) is 0 Å². The van der Waals surface area contributed by atoms with Gasteiger partial charge in [-0.2, -0.15) is 0 Å². The number of anilines is 2. The predicted molar refractivity (Wildman–Crippen MR) is 70.3 cm³/mol. The van der Waals surface area contributed by atoms with Gasteiger partial charge in [-0.15, -0.1) is 0 Å². The van der Waals surface area contributed by atoms with Crippen LogP contribution in [0.15, 0.2) is 36.4 Å². The molecule has 2 rings (SSSR count). The van der Waals surface area contributed by atoms with E-state index >= 15 is 0 Å². The molecule has 88 valence electrons. The van der Waals surface area contributed by atoms with Gasteiger partial charge in [0, 0.05) is 11.4 Å². The summed E-state index contributed by atoms with van der Waals surface area (Å²) in [6.45, 7) is 6.10. The molecular weight excluding hydrogens is 213 g/mol. The molecular formula is C15H16FN. The van der Waals surface area contributed by atoms with Crippen molar-refractivity contribution >= 4 is 11.4 Å². The Hall–Kier alpha value is -1.83. The molecule has 17 heavy (non-hydrogen) atoms. The number of rotatable bonds is 2. The molecule has 2 heteroatoms. The molecule has 1 N–H and O–H groups in total. The van der Waals surface area contributed by atoms with E-state index in [0.717, 1.165) is 16.9 Å². The largest absolute Gasteiger partial charge is 0.355 e. The van der Waals surface area contributed by atoms with Crippen LogP contribution in [0.3, 0.4) is 0 Å². The third kappa shape index (κ3) is 2.47.